The Kier molecular flexibility index (Phi) is 5.28. The molecule has 0 aliphatic heterocycles. The number of hydrogen-bond donors (Lipinski definition) is 2. The molecular weight excluding hydrogens is 412 g/mol. The number of carbonyl (C=O) groups is 1. The summed E-state index contributed by atoms with van der Waals surface area (Å²) in [6.07, 6.45) is 0.322. The van der Waals surface area contributed by atoms with Crippen molar-refractivity contribution in [2.75, 3.05) is 0 Å². The molecule has 0 atom stereocenters. The van der Waals surface area contributed by atoms with E-state index in [2.05, 4.69) is 20.3 Å². The van der Waals surface area contributed by atoms with Crippen LogP contribution in [0.4, 0.5) is 5.69 Å². The summed E-state index contributed by atoms with van der Waals surface area (Å²) in [7, 11) is 0. The van der Waals surface area contributed by atoms with E-state index in [9.17, 15) is 9.59 Å². The average molecular weight is 427 g/mol. The molecule has 4 aromatic rings. The number of benzene rings is 2. The lowest BCUT2D eigenvalue weighted by atomic mass is 10.1. The summed E-state index contributed by atoms with van der Waals surface area (Å²) >= 11 is 7.34. The summed E-state index contributed by atoms with van der Waals surface area (Å²) in [5, 5.41) is 5.94. The highest BCUT2D eigenvalue weighted by molar-refractivity contribution is 7.09. The third kappa shape index (κ3) is 4.61. The van der Waals surface area contributed by atoms with Crippen LogP contribution in [0.3, 0.4) is 0 Å². The number of rotatable bonds is 4. The van der Waals surface area contributed by atoms with Gasteiger partial charge in [0.2, 0.25) is 0 Å². The molecule has 29 heavy (non-hydrogen) atoms. The van der Waals surface area contributed by atoms with Crippen LogP contribution in [0.5, 0.6) is 0 Å². The van der Waals surface area contributed by atoms with E-state index in [1.54, 1.807) is 41.8 Å². The minimum Gasteiger partial charge on any atom is -0.408 e. The van der Waals surface area contributed by atoms with E-state index in [-0.39, 0.29) is 5.91 Å². The highest BCUT2D eigenvalue weighted by Crippen LogP contribution is 2.18. The normalized spacial score (nSPS) is 11.7. The Balaban J connectivity index is 1.65. The Morgan fingerprint density at radius 1 is 1.28 bits per heavy atom. The molecule has 0 radical (unpaired) electrons. The Morgan fingerprint density at radius 2 is 2.07 bits per heavy atom. The standard InChI is InChI=1S/C20H15ClN4O3S/c1-11-22-16(10-29-11)19(26)25-18(23-14-5-3-13(21)4-6-14)9-12-2-7-15-17(8-12)28-20(27)24-15/h2-8,10H,9H2,1H3,(H,24,27)(H,23,25,26). The molecule has 1 amide bonds. The number of hydrogen-bond acceptors (Lipinski definition) is 6. The number of amides is 1. The minimum atomic E-state index is -0.514. The van der Waals surface area contributed by atoms with Gasteiger partial charge in [0.1, 0.15) is 11.5 Å². The van der Waals surface area contributed by atoms with Gasteiger partial charge in [0.25, 0.3) is 5.91 Å². The fourth-order valence-corrected chi connectivity index (χ4v) is 3.46. The maximum atomic E-state index is 12.6. The molecule has 2 aromatic heterocycles. The number of nitrogens with one attached hydrogen (secondary N) is 2. The van der Waals surface area contributed by atoms with E-state index >= 15 is 0 Å². The predicted molar refractivity (Wildman–Crippen MR) is 113 cm³/mol. The van der Waals surface area contributed by atoms with Crippen molar-refractivity contribution in [3.63, 3.8) is 0 Å². The van der Waals surface area contributed by atoms with Gasteiger partial charge < -0.3 is 9.73 Å². The van der Waals surface area contributed by atoms with Gasteiger partial charge in [0, 0.05) is 16.8 Å². The van der Waals surface area contributed by atoms with E-state index in [0.29, 0.717) is 39.8 Å². The summed E-state index contributed by atoms with van der Waals surface area (Å²) in [5.41, 5.74) is 2.86. The third-order valence-electron chi connectivity index (χ3n) is 4.06. The van der Waals surface area contributed by atoms with Crippen molar-refractivity contribution in [2.45, 2.75) is 13.3 Å². The van der Waals surface area contributed by atoms with Crippen LogP contribution in [0.1, 0.15) is 21.1 Å². The lowest BCUT2D eigenvalue weighted by Crippen LogP contribution is -2.32. The number of aliphatic imine (C=N–C) groups is 1. The van der Waals surface area contributed by atoms with Crippen LogP contribution in [-0.4, -0.2) is 21.7 Å². The molecule has 0 spiro atoms. The van der Waals surface area contributed by atoms with Gasteiger partial charge in [-0.1, -0.05) is 17.7 Å². The molecule has 2 aromatic carbocycles. The summed E-state index contributed by atoms with van der Waals surface area (Å²) in [4.78, 5) is 35.3. The van der Waals surface area contributed by atoms with E-state index < -0.39 is 5.76 Å². The number of carbonyl (C=O) groups excluding carboxylic acids is 1. The van der Waals surface area contributed by atoms with Crippen molar-refractivity contribution >= 4 is 51.5 Å². The second kappa shape index (κ2) is 8.02. The first-order chi connectivity index (χ1) is 14.0. The first-order valence-corrected chi connectivity index (χ1v) is 9.90. The van der Waals surface area contributed by atoms with Gasteiger partial charge in [-0.25, -0.2) is 14.8 Å². The second-order valence-electron chi connectivity index (χ2n) is 6.26. The molecule has 2 heterocycles. The smallest absolute Gasteiger partial charge is 0.408 e. The van der Waals surface area contributed by atoms with Crippen molar-refractivity contribution in [1.82, 2.24) is 15.3 Å². The van der Waals surface area contributed by atoms with Gasteiger partial charge in [-0.15, -0.1) is 11.3 Å². The van der Waals surface area contributed by atoms with E-state index in [1.165, 1.54) is 11.3 Å². The van der Waals surface area contributed by atoms with E-state index in [4.69, 9.17) is 16.0 Å². The van der Waals surface area contributed by atoms with Gasteiger partial charge in [-0.05, 0) is 48.9 Å². The molecule has 0 bridgehead atoms. The number of thiazole rings is 1. The van der Waals surface area contributed by atoms with Gasteiger partial charge in [0.05, 0.1) is 16.2 Å². The predicted octanol–water partition coefficient (Wildman–Crippen LogP) is 4.24. The third-order valence-corrected chi connectivity index (χ3v) is 5.08. The molecule has 0 aliphatic carbocycles. The van der Waals surface area contributed by atoms with Crippen molar-refractivity contribution < 1.29 is 9.21 Å². The molecule has 4 rings (SSSR count). The van der Waals surface area contributed by atoms with Gasteiger partial charge in [-0.2, -0.15) is 0 Å². The Bertz CT molecular complexity index is 1270. The molecular formula is C20H15ClN4O3S. The van der Waals surface area contributed by atoms with Crippen molar-refractivity contribution in [1.29, 1.82) is 0 Å². The summed E-state index contributed by atoms with van der Waals surface area (Å²) in [6, 6.07) is 12.3. The van der Waals surface area contributed by atoms with E-state index in [1.807, 2.05) is 13.0 Å². The zero-order valence-electron chi connectivity index (χ0n) is 15.2. The number of halogens is 1. The van der Waals surface area contributed by atoms with Crippen LogP contribution in [0.15, 0.2) is 62.0 Å². The number of aryl methyl sites for hydroxylation is 1. The Labute approximate surface area is 174 Å². The van der Waals surface area contributed by atoms with Gasteiger partial charge in [-0.3, -0.25) is 9.78 Å². The lowest BCUT2D eigenvalue weighted by molar-refractivity contribution is 0.0972. The van der Waals surface area contributed by atoms with Crippen LogP contribution in [0.25, 0.3) is 11.1 Å². The first kappa shape index (κ1) is 19.1. The number of aromatic nitrogens is 2. The molecule has 9 heteroatoms. The second-order valence-corrected chi connectivity index (χ2v) is 7.76. The molecule has 2 N–H and O–H groups in total. The molecule has 0 aliphatic rings. The maximum absolute atomic E-state index is 12.6. The molecule has 0 saturated heterocycles. The number of H-pyrrole nitrogens is 1. The number of fused-ring (bicyclic) bond motifs is 1. The SMILES string of the molecule is Cc1nc(C(=O)NC(Cc2ccc3[nH]c(=O)oc3c2)=Nc2ccc(Cl)cc2)cs1. The summed E-state index contributed by atoms with van der Waals surface area (Å²) in [5.74, 6) is -0.420. The fourth-order valence-electron chi connectivity index (χ4n) is 2.74. The van der Waals surface area contributed by atoms with Crippen molar-refractivity contribution in [3.05, 3.63) is 79.7 Å². The highest BCUT2D eigenvalue weighted by atomic mass is 35.5. The summed E-state index contributed by atoms with van der Waals surface area (Å²) in [6.45, 7) is 1.84. The molecule has 7 nitrogen and oxygen atoms in total. The van der Waals surface area contributed by atoms with Crippen LogP contribution >= 0.6 is 22.9 Å². The highest BCUT2D eigenvalue weighted by Gasteiger charge is 2.14. The molecule has 0 unspecified atom stereocenters. The zero-order chi connectivity index (χ0) is 20.4. The molecule has 146 valence electrons. The zero-order valence-corrected chi connectivity index (χ0v) is 16.8. The monoisotopic (exact) mass is 426 g/mol. The van der Waals surface area contributed by atoms with Gasteiger partial charge in [0.15, 0.2) is 5.58 Å². The fraction of sp³-hybridized carbons (Fsp3) is 0.100. The Hall–Kier alpha value is -3.23. The topological polar surface area (TPSA) is 100 Å². The maximum Gasteiger partial charge on any atom is 0.417 e. The number of oxazole rings is 1. The largest absolute Gasteiger partial charge is 0.417 e. The minimum absolute atomic E-state index is 0.322. The number of aromatic amines is 1. The van der Waals surface area contributed by atoms with E-state index in [0.717, 1.165) is 10.6 Å². The first-order valence-electron chi connectivity index (χ1n) is 8.64. The van der Waals surface area contributed by atoms with Crippen molar-refractivity contribution in [3.8, 4) is 0 Å². The van der Waals surface area contributed by atoms with Crippen LogP contribution in [0, 0.1) is 6.92 Å². The number of nitrogens with zero attached hydrogens (tertiary/aromatic N) is 2. The van der Waals surface area contributed by atoms with Crippen LogP contribution in [-0.2, 0) is 6.42 Å². The molecule has 0 fully saturated rings. The molecule has 0 saturated carbocycles. The average Bonchev–Trinajstić information content (AvgIpc) is 3.28. The quantitative estimate of drug-likeness (QED) is 0.376. The lowest BCUT2D eigenvalue weighted by Gasteiger charge is -2.09. The van der Waals surface area contributed by atoms with Crippen LogP contribution < -0.4 is 11.1 Å². The number of amidine groups is 1. The Morgan fingerprint density at radius 3 is 2.79 bits per heavy atom. The summed E-state index contributed by atoms with van der Waals surface area (Å²) < 4.78 is 5.11. The van der Waals surface area contributed by atoms with Gasteiger partial charge >= 0.3 is 5.76 Å². The van der Waals surface area contributed by atoms with Crippen LogP contribution in [0.2, 0.25) is 5.02 Å². The van der Waals surface area contributed by atoms with Crippen molar-refractivity contribution in [2.24, 2.45) is 4.99 Å².